The van der Waals surface area contributed by atoms with Crippen LogP contribution in [0.3, 0.4) is 0 Å². The molecule has 1 aliphatic heterocycles. The van der Waals surface area contributed by atoms with E-state index < -0.39 is 0 Å². The van der Waals surface area contributed by atoms with Gasteiger partial charge in [0.1, 0.15) is 17.9 Å². The topological polar surface area (TPSA) is 76.4 Å². The number of carbonyl (C=O) groups is 1. The van der Waals surface area contributed by atoms with Crippen LogP contribution < -0.4 is 9.64 Å². The van der Waals surface area contributed by atoms with Crippen molar-refractivity contribution in [1.29, 1.82) is 0 Å². The highest BCUT2D eigenvalue weighted by atomic mass is 16.5. The Bertz CT molecular complexity index is 1260. The van der Waals surface area contributed by atoms with Gasteiger partial charge in [0.25, 0.3) is 5.91 Å². The highest BCUT2D eigenvalue weighted by Crippen LogP contribution is 2.29. The van der Waals surface area contributed by atoms with E-state index in [-0.39, 0.29) is 5.91 Å². The highest BCUT2D eigenvalue weighted by molar-refractivity contribution is 6.01. The van der Waals surface area contributed by atoms with Gasteiger partial charge in [-0.15, -0.1) is 0 Å². The summed E-state index contributed by atoms with van der Waals surface area (Å²) < 4.78 is 7.56. The van der Waals surface area contributed by atoms with E-state index in [1.807, 2.05) is 55.3 Å². The number of nitrogens with zero attached hydrogens (tertiary/aromatic N) is 6. The van der Waals surface area contributed by atoms with E-state index >= 15 is 0 Å². The molecule has 0 radical (unpaired) electrons. The predicted molar refractivity (Wildman–Crippen MR) is 120 cm³/mol. The fourth-order valence-corrected chi connectivity index (χ4v) is 4.15. The number of hydrogen-bond acceptors (Lipinski definition) is 6. The molecule has 5 rings (SSSR count). The van der Waals surface area contributed by atoms with Gasteiger partial charge in [0.05, 0.1) is 23.8 Å². The van der Waals surface area contributed by atoms with Gasteiger partial charge in [-0.2, -0.15) is 5.10 Å². The predicted octanol–water partition coefficient (Wildman–Crippen LogP) is 2.88. The Hall–Kier alpha value is -3.68. The van der Waals surface area contributed by atoms with Crippen molar-refractivity contribution in [2.75, 3.05) is 37.7 Å². The lowest BCUT2D eigenvalue weighted by molar-refractivity contribution is 0.0742. The Balaban J connectivity index is 1.38. The first-order valence-corrected chi connectivity index (χ1v) is 10.5. The number of anilines is 1. The first-order valence-electron chi connectivity index (χ1n) is 10.5. The average Bonchev–Trinajstić information content (AvgIpc) is 3.19. The molecule has 0 N–H and O–H groups in total. The fraction of sp³-hybridized carbons (Fsp3) is 0.304. The molecular weight excluding hydrogens is 392 g/mol. The van der Waals surface area contributed by atoms with Gasteiger partial charge in [-0.3, -0.25) is 9.48 Å². The van der Waals surface area contributed by atoms with Crippen LogP contribution in [0.2, 0.25) is 0 Å². The Kier molecular flexibility index (Phi) is 4.89. The fourth-order valence-electron chi connectivity index (χ4n) is 4.15. The number of fused-ring (bicyclic) bond motifs is 2. The van der Waals surface area contributed by atoms with Gasteiger partial charge in [-0.05, 0) is 29.8 Å². The quantitative estimate of drug-likeness (QED) is 0.509. The SMILES string of the molecule is CCOc1cc2ccccc2cc1C(=O)N1CCN(c2ncnc3c2cnn3C)CC1. The lowest BCUT2D eigenvalue weighted by Gasteiger charge is -2.35. The number of carbonyl (C=O) groups excluding carboxylic acids is 1. The molecule has 31 heavy (non-hydrogen) atoms. The first-order chi connectivity index (χ1) is 15.2. The minimum atomic E-state index is 0.00284. The van der Waals surface area contributed by atoms with Crippen LogP contribution in [0, 0.1) is 0 Å². The molecule has 1 saturated heterocycles. The van der Waals surface area contributed by atoms with E-state index in [0.29, 0.717) is 44.1 Å². The number of rotatable bonds is 4. The summed E-state index contributed by atoms with van der Waals surface area (Å²) in [5, 5.41) is 7.33. The summed E-state index contributed by atoms with van der Waals surface area (Å²) in [4.78, 5) is 26.3. The molecule has 0 bridgehead atoms. The van der Waals surface area contributed by atoms with E-state index in [1.54, 1.807) is 17.2 Å². The summed E-state index contributed by atoms with van der Waals surface area (Å²) in [6.45, 7) is 5.07. The van der Waals surface area contributed by atoms with E-state index in [2.05, 4.69) is 20.0 Å². The van der Waals surface area contributed by atoms with Crippen molar-refractivity contribution < 1.29 is 9.53 Å². The molecule has 2 aromatic heterocycles. The maximum atomic E-state index is 13.4. The van der Waals surface area contributed by atoms with Crippen LogP contribution in [0.4, 0.5) is 5.82 Å². The Labute approximate surface area is 180 Å². The molecule has 8 heteroatoms. The maximum Gasteiger partial charge on any atom is 0.257 e. The van der Waals surface area contributed by atoms with Crippen LogP contribution in [0.25, 0.3) is 21.8 Å². The van der Waals surface area contributed by atoms with Crippen molar-refractivity contribution in [2.45, 2.75) is 6.92 Å². The van der Waals surface area contributed by atoms with Gasteiger partial charge >= 0.3 is 0 Å². The molecule has 0 unspecified atom stereocenters. The first kappa shape index (κ1) is 19.3. The lowest BCUT2D eigenvalue weighted by Crippen LogP contribution is -2.49. The molecule has 2 aromatic carbocycles. The summed E-state index contributed by atoms with van der Waals surface area (Å²) in [5.41, 5.74) is 1.42. The lowest BCUT2D eigenvalue weighted by atomic mass is 10.0. The molecule has 1 amide bonds. The second-order valence-corrected chi connectivity index (χ2v) is 7.61. The monoisotopic (exact) mass is 416 g/mol. The van der Waals surface area contributed by atoms with Gasteiger partial charge in [0, 0.05) is 33.2 Å². The number of hydrogen-bond donors (Lipinski definition) is 0. The number of aryl methyl sites for hydroxylation is 1. The average molecular weight is 416 g/mol. The van der Waals surface area contributed by atoms with Gasteiger partial charge in [-0.1, -0.05) is 24.3 Å². The standard InChI is InChI=1S/C23H24N6O2/c1-3-31-20-13-17-7-5-4-6-16(17)12-18(20)23(30)29-10-8-28(9-11-29)22-19-14-26-27(2)21(19)24-15-25-22/h4-7,12-15H,3,8-11H2,1-2H3. The number of aromatic nitrogens is 4. The third kappa shape index (κ3) is 3.43. The summed E-state index contributed by atoms with van der Waals surface area (Å²) in [6, 6.07) is 11.9. The molecule has 1 aliphatic rings. The van der Waals surface area contributed by atoms with Crippen LogP contribution in [-0.2, 0) is 7.05 Å². The largest absolute Gasteiger partial charge is 0.493 e. The highest BCUT2D eigenvalue weighted by Gasteiger charge is 2.26. The molecule has 4 aromatic rings. The minimum Gasteiger partial charge on any atom is -0.493 e. The van der Waals surface area contributed by atoms with Crippen LogP contribution in [-0.4, -0.2) is 63.3 Å². The van der Waals surface area contributed by atoms with Crippen molar-refractivity contribution in [3.63, 3.8) is 0 Å². The summed E-state index contributed by atoms with van der Waals surface area (Å²) in [7, 11) is 1.87. The van der Waals surface area contributed by atoms with Crippen molar-refractivity contribution >= 4 is 33.5 Å². The molecule has 1 fully saturated rings. The van der Waals surface area contributed by atoms with E-state index in [4.69, 9.17) is 4.74 Å². The van der Waals surface area contributed by atoms with E-state index in [9.17, 15) is 4.79 Å². The number of ether oxygens (including phenoxy) is 1. The van der Waals surface area contributed by atoms with Crippen molar-refractivity contribution in [3.8, 4) is 5.75 Å². The molecule has 158 valence electrons. The van der Waals surface area contributed by atoms with Gasteiger partial charge < -0.3 is 14.5 Å². The van der Waals surface area contributed by atoms with Crippen molar-refractivity contribution in [1.82, 2.24) is 24.6 Å². The van der Waals surface area contributed by atoms with Crippen molar-refractivity contribution in [2.24, 2.45) is 7.05 Å². The van der Waals surface area contributed by atoms with Gasteiger partial charge in [0.2, 0.25) is 0 Å². The van der Waals surface area contributed by atoms with Gasteiger partial charge in [-0.25, -0.2) is 9.97 Å². The second kappa shape index (κ2) is 7.86. The summed E-state index contributed by atoms with van der Waals surface area (Å²) in [5.74, 6) is 1.51. The van der Waals surface area contributed by atoms with Crippen LogP contribution >= 0.6 is 0 Å². The third-order valence-electron chi connectivity index (χ3n) is 5.75. The van der Waals surface area contributed by atoms with Crippen molar-refractivity contribution in [3.05, 3.63) is 54.5 Å². The van der Waals surface area contributed by atoms with Crippen LogP contribution in [0.1, 0.15) is 17.3 Å². The van der Waals surface area contributed by atoms with E-state index in [1.165, 1.54) is 0 Å². The smallest absolute Gasteiger partial charge is 0.257 e. The zero-order valence-electron chi connectivity index (χ0n) is 17.7. The van der Waals surface area contributed by atoms with Crippen LogP contribution in [0.15, 0.2) is 48.9 Å². The molecule has 0 saturated carbocycles. The van der Waals surface area contributed by atoms with E-state index in [0.717, 1.165) is 27.6 Å². The number of piperazine rings is 1. The third-order valence-corrected chi connectivity index (χ3v) is 5.75. The number of benzene rings is 2. The molecule has 8 nitrogen and oxygen atoms in total. The second-order valence-electron chi connectivity index (χ2n) is 7.61. The molecule has 3 heterocycles. The maximum absolute atomic E-state index is 13.4. The number of amides is 1. The Morgan fingerprint density at radius 2 is 1.81 bits per heavy atom. The summed E-state index contributed by atoms with van der Waals surface area (Å²) >= 11 is 0. The molecular formula is C23H24N6O2. The molecule has 0 spiro atoms. The van der Waals surface area contributed by atoms with Gasteiger partial charge in [0.15, 0.2) is 5.65 Å². The molecule has 0 atom stereocenters. The zero-order valence-corrected chi connectivity index (χ0v) is 17.7. The zero-order chi connectivity index (χ0) is 21.4. The normalized spacial score (nSPS) is 14.4. The molecule has 0 aliphatic carbocycles. The summed E-state index contributed by atoms with van der Waals surface area (Å²) in [6.07, 6.45) is 3.37. The minimum absolute atomic E-state index is 0.00284. The Morgan fingerprint density at radius 3 is 2.55 bits per heavy atom. The Morgan fingerprint density at radius 1 is 1.06 bits per heavy atom. The van der Waals surface area contributed by atoms with Crippen LogP contribution in [0.5, 0.6) is 5.75 Å².